The van der Waals surface area contributed by atoms with Gasteiger partial charge in [0.15, 0.2) is 5.78 Å². The summed E-state index contributed by atoms with van der Waals surface area (Å²) in [5.74, 6) is 6.05. The Labute approximate surface area is 80.9 Å². The summed E-state index contributed by atoms with van der Waals surface area (Å²) >= 11 is 0. The van der Waals surface area contributed by atoms with E-state index in [1.807, 2.05) is 0 Å². The van der Waals surface area contributed by atoms with Crippen molar-refractivity contribution < 1.29 is 4.79 Å². The maximum atomic E-state index is 11.9. The van der Waals surface area contributed by atoms with Gasteiger partial charge in [0.25, 0.3) is 0 Å². The Morgan fingerprint density at radius 2 is 2.00 bits per heavy atom. The standard InChI is InChI=1S/C12H18O/c1-3-5-8-11(13)12(4-2)9-6-7-10-12/h4,6-10H2,1-2H3. The maximum Gasteiger partial charge on any atom is 0.150 e. The van der Waals surface area contributed by atoms with Gasteiger partial charge in [-0.25, -0.2) is 0 Å². The van der Waals surface area contributed by atoms with E-state index in [2.05, 4.69) is 18.8 Å². The van der Waals surface area contributed by atoms with Crippen molar-refractivity contribution in [2.24, 2.45) is 5.41 Å². The first-order valence-electron chi connectivity index (χ1n) is 5.18. The molecule has 1 aliphatic carbocycles. The molecule has 72 valence electrons. The fourth-order valence-electron chi connectivity index (χ4n) is 2.24. The molecule has 0 aromatic heterocycles. The van der Waals surface area contributed by atoms with Crippen LogP contribution < -0.4 is 0 Å². The van der Waals surface area contributed by atoms with Crippen molar-refractivity contribution in [2.45, 2.75) is 52.4 Å². The summed E-state index contributed by atoms with van der Waals surface area (Å²) in [6.45, 7) is 3.92. The first kappa shape index (κ1) is 10.3. The molecule has 0 spiro atoms. The molecule has 1 rings (SSSR count). The molecule has 1 fully saturated rings. The fraction of sp³-hybridized carbons (Fsp3) is 0.750. The van der Waals surface area contributed by atoms with Crippen molar-refractivity contribution in [1.29, 1.82) is 0 Å². The molecule has 1 aliphatic rings. The van der Waals surface area contributed by atoms with Crippen LogP contribution in [0.2, 0.25) is 0 Å². The monoisotopic (exact) mass is 178 g/mol. The molecular weight excluding hydrogens is 160 g/mol. The van der Waals surface area contributed by atoms with Crippen molar-refractivity contribution in [2.75, 3.05) is 0 Å². The Morgan fingerprint density at radius 3 is 2.46 bits per heavy atom. The van der Waals surface area contributed by atoms with Gasteiger partial charge in [-0.3, -0.25) is 4.79 Å². The Morgan fingerprint density at radius 1 is 1.38 bits per heavy atom. The van der Waals surface area contributed by atoms with Crippen LogP contribution in [0, 0.1) is 17.3 Å². The lowest BCUT2D eigenvalue weighted by atomic mass is 9.78. The largest absolute Gasteiger partial charge is 0.298 e. The minimum atomic E-state index is 0.00382. The Hall–Kier alpha value is -0.770. The first-order valence-corrected chi connectivity index (χ1v) is 5.18. The molecule has 0 atom stereocenters. The van der Waals surface area contributed by atoms with E-state index in [1.54, 1.807) is 6.92 Å². The van der Waals surface area contributed by atoms with Gasteiger partial charge in [0, 0.05) is 5.41 Å². The molecule has 0 aromatic carbocycles. The van der Waals surface area contributed by atoms with Crippen LogP contribution in [0.25, 0.3) is 0 Å². The highest BCUT2D eigenvalue weighted by molar-refractivity contribution is 5.87. The zero-order chi connectivity index (χ0) is 9.73. The van der Waals surface area contributed by atoms with Crippen LogP contribution in [0.15, 0.2) is 0 Å². The van der Waals surface area contributed by atoms with Gasteiger partial charge in [0.1, 0.15) is 0 Å². The van der Waals surface area contributed by atoms with E-state index in [0.717, 1.165) is 19.3 Å². The average Bonchev–Trinajstić information content (AvgIpc) is 2.63. The van der Waals surface area contributed by atoms with Crippen LogP contribution in [0.4, 0.5) is 0 Å². The highest BCUT2D eigenvalue weighted by Crippen LogP contribution is 2.42. The Bertz CT molecular complexity index is 236. The van der Waals surface area contributed by atoms with Gasteiger partial charge in [0.05, 0.1) is 6.42 Å². The van der Waals surface area contributed by atoms with Gasteiger partial charge in [-0.2, -0.15) is 0 Å². The SMILES string of the molecule is CC#CCC(=O)C1(CC)CCCC1. The van der Waals surface area contributed by atoms with E-state index in [-0.39, 0.29) is 5.41 Å². The smallest absolute Gasteiger partial charge is 0.150 e. The predicted molar refractivity (Wildman–Crippen MR) is 54.3 cm³/mol. The number of hydrogen-bond acceptors (Lipinski definition) is 1. The molecule has 0 heterocycles. The molecule has 0 radical (unpaired) electrons. The summed E-state index contributed by atoms with van der Waals surface area (Å²) in [5.41, 5.74) is 0.00382. The van der Waals surface area contributed by atoms with Gasteiger partial charge in [-0.1, -0.05) is 25.7 Å². The highest BCUT2D eigenvalue weighted by atomic mass is 16.1. The van der Waals surface area contributed by atoms with Gasteiger partial charge < -0.3 is 0 Å². The summed E-state index contributed by atoms with van der Waals surface area (Å²) in [4.78, 5) is 11.9. The molecule has 0 amide bonds. The van der Waals surface area contributed by atoms with Crippen molar-refractivity contribution in [3.05, 3.63) is 0 Å². The number of ketones is 1. The molecule has 0 saturated heterocycles. The minimum Gasteiger partial charge on any atom is -0.298 e. The van der Waals surface area contributed by atoms with Crippen molar-refractivity contribution in [1.82, 2.24) is 0 Å². The number of carbonyl (C=O) groups is 1. The molecule has 1 saturated carbocycles. The van der Waals surface area contributed by atoms with E-state index in [4.69, 9.17) is 0 Å². The molecule has 0 aliphatic heterocycles. The number of carbonyl (C=O) groups excluding carboxylic acids is 1. The van der Waals surface area contributed by atoms with Crippen LogP contribution in [0.3, 0.4) is 0 Å². The molecule has 0 aromatic rings. The Kier molecular flexibility index (Phi) is 3.54. The number of hydrogen-bond donors (Lipinski definition) is 0. The molecule has 13 heavy (non-hydrogen) atoms. The second kappa shape index (κ2) is 4.46. The summed E-state index contributed by atoms with van der Waals surface area (Å²) in [5, 5.41) is 0. The van der Waals surface area contributed by atoms with E-state index >= 15 is 0 Å². The quantitative estimate of drug-likeness (QED) is 0.607. The second-order valence-corrected chi connectivity index (χ2v) is 3.87. The first-order chi connectivity index (χ1) is 6.25. The summed E-state index contributed by atoms with van der Waals surface area (Å²) in [6.07, 6.45) is 6.08. The van der Waals surface area contributed by atoms with E-state index in [9.17, 15) is 4.79 Å². The van der Waals surface area contributed by atoms with Crippen molar-refractivity contribution in [3.63, 3.8) is 0 Å². The molecule has 1 heteroatoms. The second-order valence-electron chi connectivity index (χ2n) is 3.87. The summed E-state index contributed by atoms with van der Waals surface area (Å²) in [6, 6.07) is 0. The van der Waals surface area contributed by atoms with E-state index < -0.39 is 0 Å². The van der Waals surface area contributed by atoms with Gasteiger partial charge >= 0.3 is 0 Å². The fourth-order valence-corrected chi connectivity index (χ4v) is 2.24. The normalized spacial score (nSPS) is 19.2. The molecule has 0 N–H and O–H groups in total. The van der Waals surface area contributed by atoms with Gasteiger partial charge in [0.2, 0.25) is 0 Å². The number of rotatable bonds is 3. The van der Waals surface area contributed by atoms with Crippen molar-refractivity contribution >= 4 is 5.78 Å². The van der Waals surface area contributed by atoms with E-state index in [1.165, 1.54) is 12.8 Å². The van der Waals surface area contributed by atoms with Crippen molar-refractivity contribution in [3.8, 4) is 11.8 Å². The minimum absolute atomic E-state index is 0.00382. The summed E-state index contributed by atoms with van der Waals surface area (Å²) in [7, 11) is 0. The zero-order valence-corrected chi connectivity index (χ0v) is 8.65. The molecule has 1 nitrogen and oxygen atoms in total. The zero-order valence-electron chi connectivity index (χ0n) is 8.65. The maximum absolute atomic E-state index is 11.9. The van der Waals surface area contributed by atoms with Crippen LogP contribution in [0.5, 0.6) is 0 Å². The van der Waals surface area contributed by atoms with Gasteiger partial charge in [-0.15, -0.1) is 5.92 Å². The van der Waals surface area contributed by atoms with Crippen LogP contribution in [-0.4, -0.2) is 5.78 Å². The molecule has 0 bridgehead atoms. The molecule has 0 unspecified atom stereocenters. The predicted octanol–water partition coefficient (Wildman–Crippen LogP) is 2.94. The van der Waals surface area contributed by atoms with Gasteiger partial charge in [-0.05, 0) is 26.2 Å². The lowest BCUT2D eigenvalue weighted by Gasteiger charge is -2.24. The van der Waals surface area contributed by atoms with Crippen LogP contribution in [-0.2, 0) is 4.79 Å². The third-order valence-corrected chi connectivity index (χ3v) is 3.25. The lowest BCUT2D eigenvalue weighted by molar-refractivity contribution is -0.127. The van der Waals surface area contributed by atoms with Crippen LogP contribution >= 0.6 is 0 Å². The molecular formula is C12H18O. The lowest BCUT2D eigenvalue weighted by Crippen LogP contribution is -2.26. The van der Waals surface area contributed by atoms with Crippen LogP contribution in [0.1, 0.15) is 52.4 Å². The Balaban J connectivity index is 2.63. The topological polar surface area (TPSA) is 17.1 Å². The third kappa shape index (κ3) is 2.12. The average molecular weight is 178 g/mol. The number of Topliss-reactive ketones (excluding diaryl/α,β-unsaturated/α-hetero) is 1. The highest BCUT2D eigenvalue weighted by Gasteiger charge is 2.38. The summed E-state index contributed by atoms with van der Waals surface area (Å²) < 4.78 is 0. The van der Waals surface area contributed by atoms with E-state index in [0.29, 0.717) is 12.2 Å². The third-order valence-electron chi connectivity index (χ3n) is 3.25.